The van der Waals surface area contributed by atoms with Gasteiger partial charge in [-0.3, -0.25) is 0 Å². The van der Waals surface area contributed by atoms with Crippen molar-refractivity contribution < 1.29 is 0 Å². The van der Waals surface area contributed by atoms with Crippen LogP contribution in [-0.2, 0) is 0 Å². The molecule has 0 fully saturated rings. The Morgan fingerprint density at radius 2 is 2.23 bits per heavy atom. The van der Waals surface area contributed by atoms with Gasteiger partial charge in [0.2, 0.25) is 0 Å². The lowest BCUT2D eigenvalue weighted by Crippen LogP contribution is -1.80. The van der Waals surface area contributed by atoms with Crippen molar-refractivity contribution >= 4 is 6.08 Å². The Balaban J connectivity index is 3.01. The molecule has 0 aliphatic carbocycles. The summed E-state index contributed by atoms with van der Waals surface area (Å²) >= 11 is 0. The van der Waals surface area contributed by atoms with E-state index < -0.39 is 0 Å². The van der Waals surface area contributed by atoms with Crippen molar-refractivity contribution in [3.8, 4) is 0 Å². The van der Waals surface area contributed by atoms with Crippen molar-refractivity contribution in [2.45, 2.75) is 27.2 Å². The smallest absolute Gasteiger partial charge is 0.103 e. The van der Waals surface area contributed by atoms with E-state index >= 15 is 0 Å². The van der Waals surface area contributed by atoms with Crippen molar-refractivity contribution in [1.29, 1.82) is 0 Å². The number of aromatic nitrogens is 2. The Labute approximate surface area is 79.4 Å². The summed E-state index contributed by atoms with van der Waals surface area (Å²) in [6, 6.07) is 0. The molecule has 0 amide bonds. The molecular weight excluding hydrogens is 160 g/mol. The fourth-order valence-electron chi connectivity index (χ4n) is 1.25. The highest BCUT2D eigenvalue weighted by molar-refractivity contribution is 5.54. The van der Waals surface area contributed by atoms with E-state index in [4.69, 9.17) is 0 Å². The summed E-state index contributed by atoms with van der Waals surface area (Å²) in [5.74, 6) is 0.961. The van der Waals surface area contributed by atoms with Gasteiger partial charge in [-0.25, -0.2) is 4.98 Å². The van der Waals surface area contributed by atoms with Crippen LogP contribution in [0.1, 0.15) is 30.6 Å². The highest BCUT2D eigenvalue weighted by Crippen LogP contribution is 2.12. The molecule has 2 heteroatoms. The number of nitrogens with zero attached hydrogens (tertiary/aromatic N) is 1. The highest BCUT2D eigenvalue weighted by Gasteiger charge is 2.00. The van der Waals surface area contributed by atoms with Crippen LogP contribution in [0, 0.1) is 13.8 Å². The second-order valence-electron chi connectivity index (χ2n) is 3.11. The molecule has 1 rings (SSSR count). The summed E-state index contributed by atoms with van der Waals surface area (Å²) in [6.07, 6.45) is 4.95. The Hall–Kier alpha value is -1.31. The molecule has 2 nitrogen and oxygen atoms in total. The number of imidazole rings is 1. The van der Waals surface area contributed by atoms with Crippen LogP contribution in [-0.4, -0.2) is 9.97 Å². The molecule has 70 valence electrons. The highest BCUT2D eigenvalue weighted by atomic mass is 14.9. The first-order chi connectivity index (χ1) is 6.17. The summed E-state index contributed by atoms with van der Waals surface area (Å²) in [5, 5.41) is 0. The Bertz CT molecular complexity index is 332. The van der Waals surface area contributed by atoms with Gasteiger partial charge >= 0.3 is 0 Å². The molecule has 0 aliphatic heterocycles. The molecule has 13 heavy (non-hydrogen) atoms. The average Bonchev–Trinajstić information content (AvgIpc) is 2.41. The van der Waals surface area contributed by atoms with E-state index in [9.17, 15) is 0 Å². The van der Waals surface area contributed by atoms with Crippen LogP contribution < -0.4 is 0 Å². The number of hydrogen-bond acceptors (Lipinski definition) is 1. The van der Waals surface area contributed by atoms with E-state index in [1.54, 1.807) is 0 Å². The van der Waals surface area contributed by atoms with E-state index in [0.29, 0.717) is 0 Å². The average molecular weight is 176 g/mol. The quantitative estimate of drug-likeness (QED) is 0.705. The van der Waals surface area contributed by atoms with E-state index in [1.165, 1.54) is 5.57 Å². The van der Waals surface area contributed by atoms with E-state index in [1.807, 2.05) is 19.9 Å². The number of hydrogen-bond donors (Lipinski definition) is 1. The minimum Gasteiger partial charge on any atom is -0.346 e. The molecule has 0 radical (unpaired) electrons. The number of rotatable bonds is 3. The zero-order chi connectivity index (χ0) is 9.84. The third-order valence-corrected chi connectivity index (χ3v) is 2.03. The maximum absolute atomic E-state index is 4.37. The molecule has 0 saturated heterocycles. The number of H-pyrrole nitrogens is 1. The summed E-state index contributed by atoms with van der Waals surface area (Å²) in [7, 11) is 0. The van der Waals surface area contributed by atoms with Gasteiger partial charge in [-0.05, 0) is 31.9 Å². The fraction of sp³-hybridized carbons (Fsp3) is 0.364. The van der Waals surface area contributed by atoms with Crippen LogP contribution in [0.3, 0.4) is 0 Å². The minimum absolute atomic E-state index is 0.961. The lowest BCUT2D eigenvalue weighted by atomic mass is 10.1. The third-order valence-electron chi connectivity index (χ3n) is 2.03. The van der Waals surface area contributed by atoms with Crippen LogP contribution in [0.4, 0.5) is 0 Å². The van der Waals surface area contributed by atoms with Gasteiger partial charge < -0.3 is 4.98 Å². The molecule has 1 aromatic rings. The van der Waals surface area contributed by atoms with Gasteiger partial charge in [-0.15, -0.1) is 0 Å². The van der Waals surface area contributed by atoms with Crippen LogP contribution in [0.15, 0.2) is 18.2 Å². The fourth-order valence-corrected chi connectivity index (χ4v) is 1.25. The molecule has 0 aliphatic rings. The maximum atomic E-state index is 4.37. The second-order valence-corrected chi connectivity index (χ2v) is 3.11. The van der Waals surface area contributed by atoms with Crippen LogP contribution in [0.2, 0.25) is 0 Å². The SMILES string of the molecule is C=CC(=Cc1nc(C)[nH]c1C)CC. The van der Waals surface area contributed by atoms with E-state index in [-0.39, 0.29) is 0 Å². The van der Waals surface area contributed by atoms with Crippen molar-refractivity contribution in [2.75, 3.05) is 0 Å². The van der Waals surface area contributed by atoms with Gasteiger partial charge in [0, 0.05) is 5.69 Å². The van der Waals surface area contributed by atoms with Crippen molar-refractivity contribution in [2.24, 2.45) is 0 Å². The van der Waals surface area contributed by atoms with Gasteiger partial charge in [-0.1, -0.05) is 19.6 Å². The molecule has 1 N–H and O–H groups in total. The lowest BCUT2D eigenvalue weighted by molar-refractivity contribution is 1.13. The normalized spacial score (nSPS) is 11.8. The zero-order valence-electron chi connectivity index (χ0n) is 8.52. The first-order valence-corrected chi connectivity index (χ1v) is 4.53. The standard InChI is InChI=1S/C11H16N2/c1-5-10(6-2)7-11-8(3)12-9(4)13-11/h5,7H,1,6H2,2-4H3,(H,12,13). The molecule has 0 spiro atoms. The van der Waals surface area contributed by atoms with Gasteiger partial charge in [0.25, 0.3) is 0 Å². The molecule has 0 bridgehead atoms. The summed E-state index contributed by atoms with van der Waals surface area (Å²) in [5.41, 5.74) is 3.36. The van der Waals surface area contributed by atoms with E-state index in [2.05, 4.69) is 29.5 Å². The molecule has 0 saturated carbocycles. The maximum Gasteiger partial charge on any atom is 0.103 e. The number of nitrogens with one attached hydrogen (secondary N) is 1. The summed E-state index contributed by atoms with van der Waals surface area (Å²) in [6.45, 7) is 9.86. The Kier molecular flexibility index (Phi) is 3.07. The lowest BCUT2D eigenvalue weighted by Gasteiger charge is -1.94. The van der Waals surface area contributed by atoms with Crippen LogP contribution >= 0.6 is 0 Å². The molecule has 0 atom stereocenters. The summed E-state index contributed by atoms with van der Waals surface area (Å²) < 4.78 is 0. The van der Waals surface area contributed by atoms with Gasteiger partial charge in [0.1, 0.15) is 5.82 Å². The molecule has 1 aromatic heterocycles. The predicted molar refractivity (Wildman–Crippen MR) is 56.5 cm³/mol. The number of allylic oxidation sites excluding steroid dienone is 2. The second kappa shape index (κ2) is 4.08. The molecule has 0 aromatic carbocycles. The Morgan fingerprint density at radius 1 is 1.54 bits per heavy atom. The van der Waals surface area contributed by atoms with Crippen molar-refractivity contribution in [3.05, 3.63) is 35.4 Å². The molecule has 1 heterocycles. The van der Waals surface area contributed by atoms with Crippen LogP contribution in [0.5, 0.6) is 0 Å². The minimum atomic E-state index is 0.961. The summed E-state index contributed by atoms with van der Waals surface area (Å²) in [4.78, 5) is 7.54. The van der Waals surface area contributed by atoms with Crippen LogP contribution in [0.25, 0.3) is 6.08 Å². The Morgan fingerprint density at radius 3 is 2.62 bits per heavy atom. The van der Waals surface area contributed by atoms with Crippen molar-refractivity contribution in [1.82, 2.24) is 9.97 Å². The van der Waals surface area contributed by atoms with Gasteiger partial charge in [-0.2, -0.15) is 0 Å². The molecule has 0 unspecified atom stereocenters. The third kappa shape index (κ3) is 2.31. The van der Waals surface area contributed by atoms with Gasteiger partial charge in [0.15, 0.2) is 0 Å². The predicted octanol–water partition coefficient (Wildman–Crippen LogP) is 3.01. The number of aromatic amines is 1. The zero-order valence-corrected chi connectivity index (χ0v) is 8.52. The largest absolute Gasteiger partial charge is 0.346 e. The monoisotopic (exact) mass is 176 g/mol. The molecular formula is C11H16N2. The topological polar surface area (TPSA) is 28.7 Å². The number of aryl methyl sites for hydroxylation is 2. The van der Waals surface area contributed by atoms with Crippen molar-refractivity contribution in [3.63, 3.8) is 0 Å². The van der Waals surface area contributed by atoms with E-state index in [0.717, 1.165) is 23.6 Å². The first-order valence-electron chi connectivity index (χ1n) is 4.53. The van der Waals surface area contributed by atoms with Gasteiger partial charge in [0.05, 0.1) is 5.69 Å². The first kappa shape index (κ1) is 9.78.